The van der Waals surface area contributed by atoms with Gasteiger partial charge in [-0.1, -0.05) is 13.8 Å². The lowest BCUT2D eigenvalue weighted by atomic mass is 10.2. The van der Waals surface area contributed by atoms with Crippen molar-refractivity contribution < 1.29 is 19.8 Å². The van der Waals surface area contributed by atoms with Crippen LogP contribution in [-0.4, -0.2) is 34.2 Å². The van der Waals surface area contributed by atoms with Gasteiger partial charge in [-0.25, -0.2) is 0 Å². The number of rotatable bonds is 5. The fourth-order valence-electron chi connectivity index (χ4n) is 0.795. The van der Waals surface area contributed by atoms with Gasteiger partial charge < -0.3 is 15.5 Å². The lowest BCUT2D eigenvalue weighted by Crippen LogP contribution is -2.42. The van der Waals surface area contributed by atoms with Gasteiger partial charge in [0.1, 0.15) is 6.04 Å². The van der Waals surface area contributed by atoms with Crippen LogP contribution in [0.4, 0.5) is 0 Å². The number of nitrogens with one attached hydrogen (secondary N) is 1. The molecule has 0 bridgehead atoms. The van der Waals surface area contributed by atoms with Gasteiger partial charge in [-0.3, -0.25) is 9.59 Å². The molecule has 0 aromatic heterocycles. The second-order valence-electron chi connectivity index (χ2n) is 2.81. The summed E-state index contributed by atoms with van der Waals surface area (Å²) >= 11 is 0. The van der Waals surface area contributed by atoms with Crippen molar-refractivity contribution in [3.05, 3.63) is 0 Å². The fourth-order valence-corrected chi connectivity index (χ4v) is 0.795. The molecule has 0 aromatic carbocycles. The lowest BCUT2D eigenvalue weighted by molar-refractivity contribution is -0.146. The minimum atomic E-state index is -1.13. The predicted molar refractivity (Wildman–Crippen MR) is 41.9 cm³/mol. The quantitative estimate of drug-likeness (QED) is 0.543. The van der Waals surface area contributed by atoms with E-state index >= 15 is 0 Å². The Morgan fingerprint density at radius 1 is 1.33 bits per heavy atom. The van der Waals surface area contributed by atoms with E-state index in [-0.39, 0.29) is 6.04 Å². The number of hydrogen-bond donors (Lipinski definition) is 3. The summed E-state index contributed by atoms with van der Waals surface area (Å²) in [7, 11) is 0. The topological polar surface area (TPSA) is 86.6 Å². The average molecular weight is 175 g/mol. The first-order valence-corrected chi connectivity index (χ1v) is 3.64. The lowest BCUT2D eigenvalue weighted by Gasteiger charge is -2.14. The highest BCUT2D eigenvalue weighted by molar-refractivity contribution is 5.80. The number of carbonyl (C=O) groups is 2. The summed E-state index contributed by atoms with van der Waals surface area (Å²) in [6.07, 6.45) is -0.395. The standard InChI is InChI=1S/C7H13NO4/c1-4(2)8-5(7(11)12)3-6(9)10/h4-5,8H,3H2,1-2H3,(H,9,10)(H,11,12)/t5-/m1/s1. The van der Waals surface area contributed by atoms with Crippen molar-refractivity contribution in [2.45, 2.75) is 32.4 Å². The number of aliphatic carboxylic acids is 2. The first-order chi connectivity index (χ1) is 5.43. The molecule has 0 spiro atoms. The van der Waals surface area contributed by atoms with E-state index in [0.717, 1.165) is 0 Å². The molecule has 0 aliphatic rings. The molecule has 1 atom stereocenters. The Kier molecular flexibility index (Phi) is 4.28. The van der Waals surface area contributed by atoms with Crippen LogP contribution in [0.15, 0.2) is 0 Å². The van der Waals surface area contributed by atoms with Crippen molar-refractivity contribution in [2.24, 2.45) is 0 Å². The van der Waals surface area contributed by atoms with Crippen molar-refractivity contribution in [2.75, 3.05) is 0 Å². The Labute approximate surface area is 70.4 Å². The molecule has 5 heteroatoms. The minimum Gasteiger partial charge on any atom is -0.481 e. The summed E-state index contributed by atoms with van der Waals surface area (Å²) < 4.78 is 0. The Hall–Kier alpha value is -1.10. The number of carboxylic acids is 2. The van der Waals surface area contributed by atoms with Crippen molar-refractivity contribution in [1.82, 2.24) is 5.32 Å². The Morgan fingerprint density at radius 2 is 1.83 bits per heavy atom. The van der Waals surface area contributed by atoms with Gasteiger partial charge in [0, 0.05) is 6.04 Å². The maximum atomic E-state index is 10.4. The number of carboxylic acid groups (broad SMARTS) is 2. The molecule has 0 aliphatic carbocycles. The molecule has 0 saturated heterocycles. The van der Waals surface area contributed by atoms with Gasteiger partial charge in [-0.2, -0.15) is 0 Å². The van der Waals surface area contributed by atoms with Crippen LogP contribution in [0.1, 0.15) is 20.3 Å². The maximum Gasteiger partial charge on any atom is 0.321 e. The van der Waals surface area contributed by atoms with E-state index in [4.69, 9.17) is 10.2 Å². The smallest absolute Gasteiger partial charge is 0.321 e. The van der Waals surface area contributed by atoms with Crippen LogP contribution in [0.2, 0.25) is 0 Å². The van der Waals surface area contributed by atoms with Crippen LogP contribution in [0.3, 0.4) is 0 Å². The van der Waals surface area contributed by atoms with Crippen LogP contribution in [0, 0.1) is 0 Å². The van der Waals surface area contributed by atoms with E-state index < -0.39 is 24.4 Å². The van der Waals surface area contributed by atoms with E-state index in [1.807, 2.05) is 0 Å². The zero-order chi connectivity index (χ0) is 9.72. The molecule has 0 aliphatic heterocycles. The van der Waals surface area contributed by atoms with Crippen LogP contribution in [0.5, 0.6) is 0 Å². The van der Waals surface area contributed by atoms with E-state index in [2.05, 4.69) is 5.32 Å². The highest BCUT2D eigenvalue weighted by Crippen LogP contribution is 1.94. The summed E-state index contributed by atoms with van der Waals surface area (Å²) in [4.78, 5) is 20.6. The highest BCUT2D eigenvalue weighted by Gasteiger charge is 2.20. The van der Waals surface area contributed by atoms with E-state index in [9.17, 15) is 9.59 Å². The van der Waals surface area contributed by atoms with Crippen LogP contribution in [-0.2, 0) is 9.59 Å². The Balaban J connectivity index is 4.04. The molecule has 0 amide bonds. The summed E-state index contributed by atoms with van der Waals surface area (Å²) in [5, 5.41) is 19.5. The van der Waals surface area contributed by atoms with Gasteiger partial charge >= 0.3 is 11.9 Å². The zero-order valence-electron chi connectivity index (χ0n) is 7.07. The molecule has 0 radical (unpaired) electrons. The molecule has 0 fully saturated rings. The molecule has 0 unspecified atom stereocenters. The SMILES string of the molecule is CC(C)N[C@H](CC(=O)O)C(=O)O. The average Bonchev–Trinajstić information content (AvgIpc) is 1.83. The largest absolute Gasteiger partial charge is 0.481 e. The first-order valence-electron chi connectivity index (χ1n) is 3.64. The molecule has 12 heavy (non-hydrogen) atoms. The van der Waals surface area contributed by atoms with Gasteiger partial charge in [0.2, 0.25) is 0 Å². The molecule has 0 heterocycles. The van der Waals surface area contributed by atoms with Crippen LogP contribution >= 0.6 is 0 Å². The third-order valence-electron chi connectivity index (χ3n) is 1.21. The molecule has 0 rings (SSSR count). The monoisotopic (exact) mass is 175 g/mol. The first kappa shape index (κ1) is 10.9. The second kappa shape index (κ2) is 4.71. The van der Waals surface area contributed by atoms with Crippen LogP contribution < -0.4 is 5.32 Å². The van der Waals surface area contributed by atoms with Gasteiger partial charge in [-0.05, 0) is 0 Å². The third kappa shape index (κ3) is 4.68. The fraction of sp³-hybridized carbons (Fsp3) is 0.714. The number of hydrogen-bond acceptors (Lipinski definition) is 3. The van der Waals surface area contributed by atoms with Crippen molar-refractivity contribution >= 4 is 11.9 Å². The maximum absolute atomic E-state index is 10.4. The summed E-state index contributed by atoms with van der Waals surface area (Å²) in [5.41, 5.74) is 0. The van der Waals surface area contributed by atoms with E-state index in [1.165, 1.54) is 0 Å². The molecule has 0 aromatic rings. The predicted octanol–water partition coefficient (Wildman–Crippen LogP) is -0.0877. The Bertz CT molecular complexity index is 178. The molecular weight excluding hydrogens is 162 g/mol. The van der Waals surface area contributed by atoms with Crippen molar-refractivity contribution in [1.29, 1.82) is 0 Å². The van der Waals surface area contributed by atoms with Gasteiger partial charge in [0.05, 0.1) is 6.42 Å². The van der Waals surface area contributed by atoms with Gasteiger partial charge in [-0.15, -0.1) is 0 Å². The molecular formula is C7H13NO4. The summed E-state index contributed by atoms with van der Waals surface area (Å²) in [5.74, 6) is -2.25. The summed E-state index contributed by atoms with van der Waals surface area (Å²) in [6, 6.07) is -1.03. The van der Waals surface area contributed by atoms with Crippen LogP contribution in [0.25, 0.3) is 0 Å². The zero-order valence-corrected chi connectivity index (χ0v) is 7.07. The normalized spacial score (nSPS) is 12.9. The molecule has 70 valence electrons. The van der Waals surface area contributed by atoms with Crippen molar-refractivity contribution in [3.8, 4) is 0 Å². The second-order valence-corrected chi connectivity index (χ2v) is 2.81. The van der Waals surface area contributed by atoms with Gasteiger partial charge in [0.25, 0.3) is 0 Å². The van der Waals surface area contributed by atoms with E-state index in [1.54, 1.807) is 13.8 Å². The van der Waals surface area contributed by atoms with E-state index in [0.29, 0.717) is 0 Å². The molecule has 3 N–H and O–H groups in total. The minimum absolute atomic E-state index is 0.0366. The molecule has 0 saturated carbocycles. The third-order valence-corrected chi connectivity index (χ3v) is 1.21. The summed E-state index contributed by atoms with van der Waals surface area (Å²) in [6.45, 7) is 3.52. The van der Waals surface area contributed by atoms with Crippen molar-refractivity contribution in [3.63, 3.8) is 0 Å². The van der Waals surface area contributed by atoms with Gasteiger partial charge in [0.15, 0.2) is 0 Å². The highest BCUT2D eigenvalue weighted by atomic mass is 16.4. The molecule has 5 nitrogen and oxygen atoms in total. The Morgan fingerprint density at radius 3 is 2.08 bits per heavy atom.